The molecule has 0 aliphatic carbocycles. The van der Waals surface area contributed by atoms with E-state index < -0.39 is 0 Å². The first kappa shape index (κ1) is 20.2. The predicted molar refractivity (Wildman–Crippen MR) is 129 cm³/mol. The first-order valence-electron chi connectivity index (χ1n) is 10.7. The summed E-state index contributed by atoms with van der Waals surface area (Å²) in [6.07, 6.45) is -0.0512. The van der Waals surface area contributed by atoms with Crippen LogP contribution in [0, 0.1) is 13.8 Å². The van der Waals surface area contributed by atoms with E-state index in [1.807, 2.05) is 13.8 Å². The lowest BCUT2D eigenvalue weighted by molar-refractivity contribution is 0.393. The van der Waals surface area contributed by atoms with Crippen molar-refractivity contribution < 1.29 is 9.26 Å². The molecular weight excluding hydrogens is 402 g/mol. The number of nitrogens with zero attached hydrogens (tertiary/aromatic N) is 3. The number of H-pyrrole nitrogens is 1. The van der Waals surface area contributed by atoms with Crippen LogP contribution in [0.1, 0.15) is 29.5 Å². The maximum atomic E-state index is 5.82. The van der Waals surface area contributed by atoms with Gasteiger partial charge in [-0.3, -0.25) is 4.99 Å². The van der Waals surface area contributed by atoms with Gasteiger partial charge in [-0.15, -0.1) is 0 Å². The van der Waals surface area contributed by atoms with Gasteiger partial charge in [0.25, 0.3) is 0 Å². The molecule has 0 saturated heterocycles. The second-order valence-electron chi connectivity index (χ2n) is 8.38. The minimum Gasteiger partial charge on any atom is -0.496 e. The molecule has 164 valence electrons. The Morgan fingerprint density at radius 2 is 1.84 bits per heavy atom. The lowest BCUT2D eigenvalue weighted by Gasteiger charge is -2.24. The van der Waals surface area contributed by atoms with Crippen LogP contribution in [-0.4, -0.2) is 43.2 Å². The Kier molecular flexibility index (Phi) is 4.69. The van der Waals surface area contributed by atoms with Crippen LogP contribution in [0.4, 0.5) is 11.5 Å². The summed E-state index contributed by atoms with van der Waals surface area (Å²) >= 11 is 0. The first-order chi connectivity index (χ1) is 15.4. The van der Waals surface area contributed by atoms with Gasteiger partial charge in [0.15, 0.2) is 0 Å². The van der Waals surface area contributed by atoms with E-state index in [0.29, 0.717) is 0 Å². The molecule has 0 radical (unpaired) electrons. The molecule has 5 rings (SSSR count). The zero-order valence-corrected chi connectivity index (χ0v) is 19.2. The van der Waals surface area contributed by atoms with Crippen LogP contribution in [-0.2, 0) is 0 Å². The number of hydrogen-bond donors (Lipinski definition) is 2. The van der Waals surface area contributed by atoms with Gasteiger partial charge in [0.1, 0.15) is 23.5 Å². The van der Waals surface area contributed by atoms with Crippen molar-refractivity contribution in [3.8, 4) is 16.9 Å². The van der Waals surface area contributed by atoms with Crippen LogP contribution < -0.4 is 15.0 Å². The molecule has 0 bridgehead atoms. The Hall–Kier alpha value is -3.74. The zero-order valence-electron chi connectivity index (χ0n) is 19.2. The molecule has 0 spiro atoms. The summed E-state index contributed by atoms with van der Waals surface area (Å²) in [7, 11) is 5.80. The van der Waals surface area contributed by atoms with E-state index in [4.69, 9.17) is 14.3 Å². The summed E-state index contributed by atoms with van der Waals surface area (Å²) < 4.78 is 11.2. The van der Waals surface area contributed by atoms with Crippen molar-refractivity contribution in [2.24, 2.45) is 4.99 Å². The van der Waals surface area contributed by atoms with E-state index >= 15 is 0 Å². The molecule has 0 amide bonds. The maximum absolute atomic E-state index is 5.82. The molecule has 4 aromatic rings. The fourth-order valence-electron chi connectivity index (χ4n) is 4.58. The number of aromatic nitrogens is 2. The highest BCUT2D eigenvalue weighted by molar-refractivity contribution is 6.25. The molecule has 2 aromatic carbocycles. The van der Waals surface area contributed by atoms with Crippen molar-refractivity contribution in [1.82, 2.24) is 10.1 Å². The molecule has 3 heterocycles. The van der Waals surface area contributed by atoms with E-state index in [0.717, 1.165) is 67.6 Å². The van der Waals surface area contributed by atoms with Gasteiger partial charge in [0.2, 0.25) is 0 Å². The Balaban J connectivity index is 1.77. The van der Waals surface area contributed by atoms with Gasteiger partial charge in [-0.1, -0.05) is 23.4 Å². The van der Waals surface area contributed by atoms with Gasteiger partial charge in [-0.25, -0.2) is 0 Å². The summed E-state index contributed by atoms with van der Waals surface area (Å²) in [4.78, 5) is 10.7. The Morgan fingerprint density at radius 1 is 1.06 bits per heavy atom. The van der Waals surface area contributed by atoms with Crippen LogP contribution in [0.25, 0.3) is 22.0 Å². The fourth-order valence-corrected chi connectivity index (χ4v) is 4.58. The minimum absolute atomic E-state index is 0.0512. The lowest BCUT2D eigenvalue weighted by atomic mass is 9.95. The summed E-state index contributed by atoms with van der Waals surface area (Å²) in [5.74, 6) is 2.50. The molecule has 0 fully saturated rings. The van der Waals surface area contributed by atoms with E-state index in [1.54, 1.807) is 7.11 Å². The Morgan fingerprint density at radius 3 is 2.53 bits per heavy atom. The summed E-state index contributed by atoms with van der Waals surface area (Å²) in [6, 6.07) is 12.6. The highest BCUT2D eigenvalue weighted by atomic mass is 16.5. The largest absolute Gasteiger partial charge is 0.496 e. The molecule has 2 N–H and O–H groups in total. The molecule has 1 unspecified atom stereocenters. The number of aryl methyl sites for hydroxylation is 2. The van der Waals surface area contributed by atoms with Gasteiger partial charge in [0.05, 0.1) is 29.6 Å². The van der Waals surface area contributed by atoms with Gasteiger partial charge >= 0.3 is 0 Å². The number of nitrogens with one attached hydrogen (secondary N) is 2. The summed E-state index contributed by atoms with van der Waals surface area (Å²) in [6.45, 7) is 5.93. The number of methoxy groups -OCH3 is 1. The smallest absolute Gasteiger partial charge is 0.141 e. The highest BCUT2D eigenvalue weighted by Gasteiger charge is 2.27. The molecular formula is C25H27N5O2. The molecule has 2 aromatic heterocycles. The Labute approximate surface area is 187 Å². The third-order valence-corrected chi connectivity index (χ3v) is 5.98. The van der Waals surface area contributed by atoms with Gasteiger partial charge in [0, 0.05) is 41.8 Å². The van der Waals surface area contributed by atoms with Crippen molar-refractivity contribution in [2.45, 2.75) is 26.9 Å². The molecule has 1 aliphatic heterocycles. The highest BCUT2D eigenvalue weighted by Crippen LogP contribution is 2.42. The summed E-state index contributed by atoms with van der Waals surface area (Å²) in [5, 5.41) is 8.66. The van der Waals surface area contributed by atoms with Crippen molar-refractivity contribution in [3.63, 3.8) is 0 Å². The van der Waals surface area contributed by atoms with Crippen molar-refractivity contribution in [2.75, 3.05) is 31.4 Å². The number of aliphatic imine (C=N–C) groups is 1. The zero-order chi connectivity index (χ0) is 22.6. The van der Waals surface area contributed by atoms with Gasteiger partial charge in [-0.2, -0.15) is 0 Å². The number of fused-ring (bicyclic) bond motifs is 3. The third-order valence-electron chi connectivity index (χ3n) is 5.98. The number of rotatable bonds is 4. The van der Waals surface area contributed by atoms with E-state index in [-0.39, 0.29) is 6.17 Å². The first-order valence-corrected chi connectivity index (χ1v) is 10.7. The number of hydrogen-bond acceptors (Lipinski definition) is 6. The molecule has 1 atom stereocenters. The standard InChI is InChI=1S/C25H27N5O2/c1-13-22(14(2)32-29-13)18-11-19-17(12-21(18)31-6)23-24(26-15(3)27-25(23)28-19)16-9-7-8-10-20(16)30(4)5/h7-12,15,27-28H,1-6H3. The van der Waals surface area contributed by atoms with Crippen molar-refractivity contribution in [1.29, 1.82) is 0 Å². The number of para-hydroxylation sites is 1. The van der Waals surface area contributed by atoms with E-state index in [2.05, 4.69) is 77.8 Å². The number of anilines is 2. The van der Waals surface area contributed by atoms with E-state index in [1.165, 1.54) is 0 Å². The predicted octanol–water partition coefficient (Wildman–Crippen LogP) is 5.12. The van der Waals surface area contributed by atoms with Crippen LogP contribution >= 0.6 is 0 Å². The van der Waals surface area contributed by atoms with Crippen LogP contribution in [0.3, 0.4) is 0 Å². The van der Waals surface area contributed by atoms with Crippen LogP contribution in [0.2, 0.25) is 0 Å². The minimum atomic E-state index is -0.0512. The maximum Gasteiger partial charge on any atom is 0.141 e. The Bertz CT molecular complexity index is 1340. The second-order valence-corrected chi connectivity index (χ2v) is 8.38. The fraction of sp³-hybridized carbons (Fsp3) is 0.280. The third kappa shape index (κ3) is 3.04. The number of ether oxygens (including phenoxy) is 1. The van der Waals surface area contributed by atoms with Crippen molar-refractivity contribution in [3.05, 3.63) is 59.0 Å². The van der Waals surface area contributed by atoms with Gasteiger partial charge < -0.3 is 24.5 Å². The molecule has 7 nitrogen and oxygen atoms in total. The normalized spacial score (nSPS) is 15.3. The van der Waals surface area contributed by atoms with Crippen molar-refractivity contribution >= 4 is 28.1 Å². The molecule has 1 aliphatic rings. The molecule has 0 saturated carbocycles. The SMILES string of the molecule is COc1cc2c3c([nH]c2cc1-c1c(C)noc1C)NC(C)N=C3c1ccccc1N(C)C. The number of aromatic amines is 1. The number of benzene rings is 2. The van der Waals surface area contributed by atoms with E-state index in [9.17, 15) is 0 Å². The second kappa shape index (κ2) is 7.44. The van der Waals surface area contributed by atoms with Crippen LogP contribution in [0.5, 0.6) is 5.75 Å². The quantitative estimate of drug-likeness (QED) is 0.471. The average Bonchev–Trinajstić information content (AvgIpc) is 3.30. The van der Waals surface area contributed by atoms with Crippen LogP contribution in [0.15, 0.2) is 45.9 Å². The van der Waals surface area contributed by atoms with Gasteiger partial charge in [-0.05, 0) is 39.0 Å². The monoisotopic (exact) mass is 429 g/mol. The topological polar surface area (TPSA) is 78.7 Å². The molecule has 7 heteroatoms. The average molecular weight is 430 g/mol. The molecule has 32 heavy (non-hydrogen) atoms. The lowest BCUT2D eigenvalue weighted by Crippen LogP contribution is -2.24. The summed E-state index contributed by atoms with van der Waals surface area (Å²) in [5.41, 5.74) is 8.00.